The predicted octanol–water partition coefficient (Wildman–Crippen LogP) is 1.29. The minimum absolute atomic E-state index is 0.166. The zero-order valence-corrected chi connectivity index (χ0v) is 10.3. The van der Waals surface area contributed by atoms with Gasteiger partial charge in [-0.25, -0.2) is 15.0 Å². The molecule has 0 saturated heterocycles. The molecule has 6 nitrogen and oxygen atoms in total. The van der Waals surface area contributed by atoms with E-state index in [1.165, 1.54) is 6.07 Å². The van der Waals surface area contributed by atoms with Crippen LogP contribution in [0.3, 0.4) is 0 Å². The van der Waals surface area contributed by atoms with E-state index in [9.17, 15) is 13.2 Å². The molecule has 0 aliphatic carbocycles. The quantitative estimate of drug-likeness (QED) is 0.854. The van der Waals surface area contributed by atoms with Gasteiger partial charge in [0.2, 0.25) is 5.82 Å². The first-order valence-electron chi connectivity index (χ1n) is 5.90. The zero-order valence-electron chi connectivity index (χ0n) is 10.3. The first kappa shape index (κ1) is 12.7. The molecule has 0 atom stereocenters. The summed E-state index contributed by atoms with van der Waals surface area (Å²) in [6.07, 6.45) is -1.12. The Labute approximate surface area is 112 Å². The summed E-state index contributed by atoms with van der Waals surface area (Å²) >= 11 is 0. The summed E-state index contributed by atoms with van der Waals surface area (Å²) in [5.41, 5.74) is 5.44. The van der Waals surface area contributed by atoms with Crippen LogP contribution in [0.15, 0.2) is 18.5 Å². The van der Waals surface area contributed by atoms with E-state index in [2.05, 4.69) is 15.0 Å². The number of nitrogens with zero attached hydrogens (tertiary/aromatic N) is 5. The monoisotopic (exact) mass is 284 g/mol. The Morgan fingerprint density at radius 1 is 1.20 bits per heavy atom. The van der Waals surface area contributed by atoms with Gasteiger partial charge in [-0.15, -0.1) is 0 Å². The largest absolute Gasteiger partial charge is 0.451 e. The number of rotatable bonds is 1. The number of imidazole rings is 1. The van der Waals surface area contributed by atoms with Crippen LogP contribution in [0, 0.1) is 0 Å². The zero-order chi connectivity index (χ0) is 14.3. The van der Waals surface area contributed by atoms with E-state index in [0.29, 0.717) is 19.6 Å². The number of alkyl halides is 3. The van der Waals surface area contributed by atoms with E-state index in [1.807, 2.05) is 10.8 Å². The van der Waals surface area contributed by atoms with Gasteiger partial charge in [0.15, 0.2) is 0 Å². The predicted molar refractivity (Wildman–Crippen MR) is 64.7 cm³/mol. The molecular weight excluding hydrogens is 273 g/mol. The molecule has 2 aromatic heterocycles. The summed E-state index contributed by atoms with van der Waals surface area (Å²) in [5, 5.41) is 0. The number of hydrogen-bond acceptors (Lipinski definition) is 5. The molecule has 3 heterocycles. The fourth-order valence-electron chi connectivity index (χ4n) is 2.11. The average molecular weight is 284 g/mol. The Balaban J connectivity index is 1.93. The van der Waals surface area contributed by atoms with Crippen molar-refractivity contribution in [2.75, 3.05) is 17.2 Å². The Bertz CT molecular complexity index is 635. The van der Waals surface area contributed by atoms with Crippen LogP contribution in [0.1, 0.15) is 11.6 Å². The van der Waals surface area contributed by atoms with E-state index >= 15 is 0 Å². The Morgan fingerprint density at radius 3 is 2.75 bits per heavy atom. The maximum Gasteiger partial charge on any atom is 0.451 e. The molecule has 0 saturated carbocycles. The maximum atomic E-state index is 12.7. The van der Waals surface area contributed by atoms with Crippen LogP contribution in [0.2, 0.25) is 0 Å². The molecule has 20 heavy (non-hydrogen) atoms. The molecule has 0 unspecified atom stereocenters. The van der Waals surface area contributed by atoms with Crippen molar-refractivity contribution in [2.24, 2.45) is 0 Å². The molecule has 0 aromatic carbocycles. The van der Waals surface area contributed by atoms with Gasteiger partial charge in [-0.05, 0) is 0 Å². The lowest BCUT2D eigenvalue weighted by molar-refractivity contribution is -0.144. The smallest absolute Gasteiger partial charge is 0.384 e. The molecule has 0 bridgehead atoms. The van der Waals surface area contributed by atoms with Crippen LogP contribution in [0.25, 0.3) is 0 Å². The minimum atomic E-state index is -4.61. The Kier molecular flexibility index (Phi) is 2.77. The molecule has 0 amide bonds. The van der Waals surface area contributed by atoms with Crippen molar-refractivity contribution in [2.45, 2.75) is 19.3 Å². The molecule has 106 valence electrons. The number of nitrogen functional groups attached to an aromatic ring is 1. The molecule has 3 rings (SSSR count). The summed E-state index contributed by atoms with van der Waals surface area (Å²) in [5.74, 6) is -0.473. The van der Waals surface area contributed by atoms with Gasteiger partial charge < -0.3 is 15.2 Å². The van der Waals surface area contributed by atoms with Crippen LogP contribution in [-0.2, 0) is 19.3 Å². The van der Waals surface area contributed by atoms with E-state index in [1.54, 1.807) is 11.1 Å². The third-order valence-corrected chi connectivity index (χ3v) is 3.05. The highest BCUT2D eigenvalue weighted by Gasteiger charge is 2.36. The third-order valence-electron chi connectivity index (χ3n) is 3.05. The summed E-state index contributed by atoms with van der Waals surface area (Å²) < 4.78 is 40.0. The van der Waals surface area contributed by atoms with Crippen LogP contribution in [0.5, 0.6) is 0 Å². The van der Waals surface area contributed by atoms with E-state index in [4.69, 9.17) is 5.73 Å². The van der Waals surface area contributed by atoms with Crippen molar-refractivity contribution >= 4 is 11.6 Å². The fraction of sp³-hybridized carbons (Fsp3) is 0.364. The van der Waals surface area contributed by atoms with Crippen LogP contribution < -0.4 is 10.6 Å². The number of fused-ring (bicyclic) bond motifs is 1. The average Bonchev–Trinajstić information content (AvgIpc) is 2.84. The van der Waals surface area contributed by atoms with Crippen LogP contribution in [-0.4, -0.2) is 26.1 Å². The lowest BCUT2D eigenvalue weighted by atomic mass is 10.3. The Hall–Kier alpha value is -2.32. The molecule has 0 spiro atoms. The lowest BCUT2D eigenvalue weighted by Gasteiger charge is -2.28. The van der Waals surface area contributed by atoms with Crippen molar-refractivity contribution in [1.82, 2.24) is 19.5 Å². The maximum absolute atomic E-state index is 12.7. The SMILES string of the molecule is Nc1cc(N2CCn3ccnc3C2)nc(C(F)(F)F)n1. The first-order valence-corrected chi connectivity index (χ1v) is 5.90. The second-order valence-electron chi connectivity index (χ2n) is 4.43. The van der Waals surface area contributed by atoms with E-state index in [0.717, 1.165) is 5.82 Å². The first-order chi connectivity index (χ1) is 9.43. The van der Waals surface area contributed by atoms with Gasteiger partial charge in [0.05, 0.1) is 6.54 Å². The van der Waals surface area contributed by atoms with Gasteiger partial charge in [0.1, 0.15) is 17.5 Å². The summed E-state index contributed by atoms with van der Waals surface area (Å²) in [6, 6.07) is 1.34. The summed E-state index contributed by atoms with van der Waals surface area (Å²) in [6.45, 7) is 1.57. The van der Waals surface area contributed by atoms with Gasteiger partial charge in [0.25, 0.3) is 0 Å². The second-order valence-corrected chi connectivity index (χ2v) is 4.43. The van der Waals surface area contributed by atoms with Crippen molar-refractivity contribution in [1.29, 1.82) is 0 Å². The minimum Gasteiger partial charge on any atom is -0.384 e. The van der Waals surface area contributed by atoms with E-state index in [-0.39, 0.29) is 11.6 Å². The number of nitrogens with two attached hydrogens (primary N) is 1. The number of halogens is 3. The number of anilines is 2. The Morgan fingerprint density at radius 2 is 2.00 bits per heavy atom. The van der Waals surface area contributed by atoms with Crippen molar-refractivity contribution in [3.8, 4) is 0 Å². The van der Waals surface area contributed by atoms with Crippen molar-refractivity contribution in [3.05, 3.63) is 30.1 Å². The lowest BCUT2D eigenvalue weighted by Crippen LogP contribution is -2.34. The van der Waals surface area contributed by atoms with Gasteiger partial charge in [0, 0.05) is 31.5 Å². The standard InChI is InChI=1S/C11H11F3N6/c12-11(13,14)10-17-7(15)5-8(18-10)20-4-3-19-2-1-16-9(19)6-20/h1-2,5H,3-4,6H2,(H2,15,17,18). The highest BCUT2D eigenvalue weighted by molar-refractivity contribution is 5.47. The number of aromatic nitrogens is 4. The molecule has 9 heteroatoms. The topological polar surface area (TPSA) is 72.9 Å². The molecular formula is C11H11F3N6. The van der Waals surface area contributed by atoms with Crippen molar-refractivity contribution < 1.29 is 13.2 Å². The molecule has 1 aliphatic heterocycles. The number of hydrogen-bond donors (Lipinski definition) is 1. The van der Waals surface area contributed by atoms with Crippen LogP contribution in [0.4, 0.5) is 24.8 Å². The van der Waals surface area contributed by atoms with Crippen molar-refractivity contribution in [3.63, 3.8) is 0 Å². The normalized spacial score (nSPS) is 15.2. The highest BCUT2D eigenvalue weighted by Crippen LogP contribution is 2.29. The second kappa shape index (κ2) is 4.36. The van der Waals surface area contributed by atoms with Gasteiger partial charge >= 0.3 is 6.18 Å². The highest BCUT2D eigenvalue weighted by atomic mass is 19.4. The van der Waals surface area contributed by atoms with Gasteiger partial charge in [-0.1, -0.05) is 0 Å². The fourth-order valence-corrected chi connectivity index (χ4v) is 2.11. The van der Waals surface area contributed by atoms with Crippen LogP contribution >= 0.6 is 0 Å². The molecule has 0 radical (unpaired) electrons. The van der Waals surface area contributed by atoms with E-state index < -0.39 is 12.0 Å². The molecule has 2 aromatic rings. The molecule has 0 fully saturated rings. The summed E-state index contributed by atoms with van der Waals surface area (Å²) in [7, 11) is 0. The summed E-state index contributed by atoms with van der Waals surface area (Å²) in [4.78, 5) is 12.6. The molecule has 1 aliphatic rings. The third kappa shape index (κ3) is 2.26. The van der Waals surface area contributed by atoms with Gasteiger partial charge in [-0.2, -0.15) is 13.2 Å². The van der Waals surface area contributed by atoms with Gasteiger partial charge in [-0.3, -0.25) is 0 Å². The molecule has 2 N–H and O–H groups in total.